The first-order valence-corrected chi connectivity index (χ1v) is 7.55. The summed E-state index contributed by atoms with van der Waals surface area (Å²) in [4.78, 5) is 4.48. The van der Waals surface area contributed by atoms with Gasteiger partial charge < -0.3 is 10.5 Å². The Hall–Kier alpha value is -2.07. The van der Waals surface area contributed by atoms with Gasteiger partial charge in [-0.05, 0) is 60.7 Å². The molecular formula is C16H14N2OS. The minimum atomic E-state index is 0.670. The molecule has 0 unspecified atom stereocenters. The van der Waals surface area contributed by atoms with Gasteiger partial charge in [-0.3, -0.25) is 0 Å². The molecule has 0 saturated heterocycles. The van der Waals surface area contributed by atoms with Gasteiger partial charge >= 0.3 is 0 Å². The lowest BCUT2D eigenvalue weighted by molar-refractivity contribution is 0.479. The van der Waals surface area contributed by atoms with Gasteiger partial charge in [-0.2, -0.15) is 0 Å². The van der Waals surface area contributed by atoms with Crippen molar-refractivity contribution in [3.8, 4) is 10.9 Å². The van der Waals surface area contributed by atoms with E-state index < -0.39 is 0 Å². The van der Waals surface area contributed by atoms with Gasteiger partial charge in [0.25, 0.3) is 5.19 Å². The minimum absolute atomic E-state index is 0.670. The van der Waals surface area contributed by atoms with E-state index in [1.165, 1.54) is 35.3 Å². The van der Waals surface area contributed by atoms with Crippen molar-refractivity contribution < 1.29 is 4.74 Å². The van der Waals surface area contributed by atoms with E-state index in [9.17, 15) is 0 Å². The maximum Gasteiger partial charge on any atom is 0.279 e. The van der Waals surface area contributed by atoms with Gasteiger partial charge in [0.1, 0.15) is 5.75 Å². The Balaban J connectivity index is 1.66. The fourth-order valence-corrected chi connectivity index (χ4v) is 3.56. The fraction of sp³-hybridized carbons (Fsp3) is 0.188. The first kappa shape index (κ1) is 11.7. The molecule has 0 bridgehead atoms. The van der Waals surface area contributed by atoms with Crippen molar-refractivity contribution in [2.75, 3.05) is 5.73 Å². The maximum absolute atomic E-state index is 5.90. The molecule has 3 aromatic rings. The van der Waals surface area contributed by atoms with Crippen LogP contribution in [0.15, 0.2) is 36.4 Å². The predicted molar refractivity (Wildman–Crippen MR) is 82.6 cm³/mol. The maximum atomic E-state index is 5.90. The van der Waals surface area contributed by atoms with Crippen LogP contribution >= 0.6 is 11.3 Å². The highest BCUT2D eigenvalue weighted by molar-refractivity contribution is 7.20. The summed E-state index contributed by atoms with van der Waals surface area (Å²) < 4.78 is 6.95. The lowest BCUT2D eigenvalue weighted by Crippen LogP contribution is -1.86. The third-order valence-electron chi connectivity index (χ3n) is 3.67. The molecule has 0 amide bonds. The highest BCUT2D eigenvalue weighted by Crippen LogP contribution is 2.34. The molecule has 100 valence electrons. The monoisotopic (exact) mass is 282 g/mol. The molecule has 1 heterocycles. The Labute approximate surface area is 121 Å². The Kier molecular flexibility index (Phi) is 2.63. The number of hydrogen-bond donors (Lipinski definition) is 1. The largest absolute Gasteiger partial charge is 0.431 e. The standard InChI is InChI=1S/C16H14N2OS/c17-12-5-7-14-15(9-12)20-16(18-14)19-13-6-4-10-2-1-3-11(10)8-13/h4-9H,1-3,17H2. The van der Waals surface area contributed by atoms with Crippen molar-refractivity contribution >= 4 is 27.2 Å². The second kappa shape index (κ2) is 4.49. The summed E-state index contributed by atoms with van der Waals surface area (Å²) in [5.41, 5.74) is 10.3. The summed E-state index contributed by atoms with van der Waals surface area (Å²) in [6.45, 7) is 0. The van der Waals surface area contributed by atoms with Gasteiger partial charge in [-0.1, -0.05) is 17.4 Å². The van der Waals surface area contributed by atoms with Gasteiger partial charge in [-0.25, -0.2) is 4.98 Å². The fourth-order valence-electron chi connectivity index (χ4n) is 2.68. The predicted octanol–water partition coefficient (Wildman–Crippen LogP) is 4.16. The molecule has 0 atom stereocenters. The molecule has 2 aromatic carbocycles. The number of ether oxygens (including phenoxy) is 1. The number of rotatable bonds is 2. The summed E-state index contributed by atoms with van der Waals surface area (Å²) >= 11 is 1.53. The zero-order chi connectivity index (χ0) is 13.5. The molecule has 4 rings (SSSR count). The number of thiazole rings is 1. The molecule has 1 aliphatic carbocycles. The third kappa shape index (κ3) is 2.02. The highest BCUT2D eigenvalue weighted by Gasteiger charge is 2.12. The normalized spacial score (nSPS) is 13.6. The zero-order valence-corrected chi connectivity index (χ0v) is 11.7. The number of nitrogens with zero attached hydrogens (tertiary/aromatic N) is 1. The molecule has 0 spiro atoms. The molecule has 0 saturated carbocycles. The number of fused-ring (bicyclic) bond motifs is 2. The second-order valence-electron chi connectivity index (χ2n) is 5.09. The van der Waals surface area contributed by atoms with Gasteiger partial charge in [0.05, 0.1) is 10.2 Å². The van der Waals surface area contributed by atoms with E-state index in [-0.39, 0.29) is 0 Å². The van der Waals surface area contributed by atoms with E-state index in [4.69, 9.17) is 10.5 Å². The minimum Gasteiger partial charge on any atom is -0.431 e. The lowest BCUT2D eigenvalue weighted by atomic mass is 10.1. The Morgan fingerprint density at radius 1 is 1.05 bits per heavy atom. The Bertz CT molecular complexity index is 794. The summed E-state index contributed by atoms with van der Waals surface area (Å²) in [5.74, 6) is 0.873. The first-order valence-electron chi connectivity index (χ1n) is 6.74. The van der Waals surface area contributed by atoms with Crippen molar-refractivity contribution in [3.63, 3.8) is 0 Å². The van der Waals surface area contributed by atoms with Crippen molar-refractivity contribution in [1.29, 1.82) is 0 Å². The highest BCUT2D eigenvalue weighted by atomic mass is 32.1. The van der Waals surface area contributed by atoms with Crippen LogP contribution in [0.4, 0.5) is 5.69 Å². The zero-order valence-electron chi connectivity index (χ0n) is 10.9. The molecular weight excluding hydrogens is 268 g/mol. The van der Waals surface area contributed by atoms with Crippen LogP contribution in [0.25, 0.3) is 10.2 Å². The van der Waals surface area contributed by atoms with Crippen molar-refractivity contribution in [2.24, 2.45) is 0 Å². The van der Waals surface area contributed by atoms with Crippen molar-refractivity contribution in [1.82, 2.24) is 4.98 Å². The van der Waals surface area contributed by atoms with Crippen LogP contribution in [-0.4, -0.2) is 4.98 Å². The molecule has 1 aliphatic rings. The van der Waals surface area contributed by atoms with Crippen LogP contribution in [0.2, 0.25) is 0 Å². The molecule has 3 nitrogen and oxygen atoms in total. The number of hydrogen-bond acceptors (Lipinski definition) is 4. The van der Waals surface area contributed by atoms with E-state index in [1.54, 1.807) is 0 Å². The molecule has 1 aromatic heterocycles. The smallest absolute Gasteiger partial charge is 0.279 e. The average Bonchev–Trinajstić information content (AvgIpc) is 3.03. The van der Waals surface area contributed by atoms with Crippen LogP contribution in [0, 0.1) is 0 Å². The molecule has 0 aliphatic heterocycles. The average molecular weight is 282 g/mol. The van der Waals surface area contributed by atoms with Gasteiger partial charge in [-0.15, -0.1) is 0 Å². The molecule has 0 fully saturated rings. The summed E-state index contributed by atoms with van der Waals surface area (Å²) in [5, 5.41) is 0.670. The van der Waals surface area contributed by atoms with Gasteiger partial charge in [0.2, 0.25) is 0 Å². The van der Waals surface area contributed by atoms with E-state index in [1.807, 2.05) is 24.3 Å². The van der Waals surface area contributed by atoms with Crippen LogP contribution < -0.4 is 10.5 Å². The molecule has 20 heavy (non-hydrogen) atoms. The number of anilines is 1. The van der Waals surface area contributed by atoms with E-state index in [0.29, 0.717) is 5.19 Å². The number of aromatic nitrogens is 1. The Morgan fingerprint density at radius 2 is 1.95 bits per heavy atom. The van der Waals surface area contributed by atoms with Gasteiger partial charge in [0, 0.05) is 5.69 Å². The number of aryl methyl sites for hydroxylation is 2. The lowest BCUT2D eigenvalue weighted by Gasteiger charge is -2.04. The molecule has 0 radical (unpaired) electrons. The topological polar surface area (TPSA) is 48.1 Å². The summed E-state index contributed by atoms with van der Waals surface area (Å²) in [6, 6.07) is 12.1. The van der Waals surface area contributed by atoms with E-state index in [0.717, 1.165) is 28.1 Å². The molecule has 4 heteroatoms. The quantitative estimate of drug-likeness (QED) is 0.718. The summed E-state index contributed by atoms with van der Waals surface area (Å²) in [7, 11) is 0. The van der Waals surface area contributed by atoms with E-state index in [2.05, 4.69) is 17.1 Å². The van der Waals surface area contributed by atoms with Crippen LogP contribution in [0.1, 0.15) is 17.5 Å². The van der Waals surface area contributed by atoms with Crippen molar-refractivity contribution in [2.45, 2.75) is 19.3 Å². The van der Waals surface area contributed by atoms with Crippen LogP contribution in [0.3, 0.4) is 0 Å². The molecule has 2 N–H and O–H groups in total. The van der Waals surface area contributed by atoms with Crippen LogP contribution in [0.5, 0.6) is 10.9 Å². The number of nitrogen functional groups attached to an aromatic ring is 1. The van der Waals surface area contributed by atoms with Crippen LogP contribution in [-0.2, 0) is 12.8 Å². The SMILES string of the molecule is Nc1ccc2nc(Oc3ccc4c(c3)CCC4)sc2c1. The number of benzene rings is 2. The second-order valence-corrected chi connectivity index (χ2v) is 6.09. The summed E-state index contributed by atoms with van der Waals surface area (Å²) in [6.07, 6.45) is 3.60. The Morgan fingerprint density at radius 3 is 2.90 bits per heavy atom. The third-order valence-corrected chi connectivity index (χ3v) is 4.56. The van der Waals surface area contributed by atoms with E-state index >= 15 is 0 Å². The number of nitrogens with two attached hydrogens (primary N) is 1. The van der Waals surface area contributed by atoms with Gasteiger partial charge in [0.15, 0.2) is 0 Å². The van der Waals surface area contributed by atoms with Crippen molar-refractivity contribution in [3.05, 3.63) is 47.5 Å². The first-order chi connectivity index (χ1) is 9.78.